The van der Waals surface area contributed by atoms with Crippen LogP contribution in [0.25, 0.3) is 22.4 Å². The molecular weight excluding hydrogens is 242 g/mol. The van der Waals surface area contributed by atoms with E-state index in [2.05, 4.69) is 35.4 Å². The van der Waals surface area contributed by atoms with Crippen molar-refractivity contribution >= 4 is 22.4 Å². The Balaban J connectivity index is 2.26. The Morgan fingerprint density at radius 3 is 2.83 bits per heavy atom. The van der Waals surface area contributed by atoms with Crippen molar-refractivity contribution in [2.24, 2.45) is 12.8 Å². The standard InChI is InChI=1S/C14H15N3S/c1-9-7-18-8-11(9)14-16-12-4-3-10(6-15)5-13(12)17(14)2/h3-5,7-8H,6,15H2,1-2H3. The quantitative estimate of drug-likeness (QED) is 0.766. The van der Waals surface area contributed by atoms with E-state index >= 15 is 0 Å². The fraction of sp³-hybridized carbons (Fsp3) is 0.214. The number of fused-ring (bicyclic) bond motifs is 1. The van der Waals surface area contributed by atoms with Crippen molar-refractivity contribution < 1.29 is 0 Å². The Bertz CT molecular complexity index is 709. The Morgan fingerprint density at radius 1 is 1.33 bits per heavy atom. The molecule has 2 heterocycles. The molecule has 0 atom stereocenters. The number of imidazole rings is 1. The maximum absolute atomic E-state index is 5.69. The van der Waals surface area contributed by atoms with Crippen molar-refractivity contribution in [1.82, 2.24) is 9.55 Å². The predicted octanol–water partition coefficient (Wildman–Crippen LogP) is 3.07. The van der Waals surface area contributed by atoms with Gasteiger partial charge in [-0.05, 0) is 35.6 Å². The van der Waals surface area contributed by atoms with Gasteiger partial charge >= 0.3 is 0 Å². The van der Waals surface area contributed by atoms with Gasteiger partial charge in [-0.2, -0.15) is 11.3 Å². The molecule has 0 aliphatic heterocycles. The third-order valence-corrected chi connectivity index (χ3v) is 4.14. The SMILES string of the molecule is Cc1cscc1-c1nc2ccc(CN)cc2n1C. The number of hydrogen-bond donors (Lipinski definition) is 1. The average Bonchev–Trinajstić information content (AvgIpc) is 2.93. The summed E-state index contributed by atoms with van der Waals surface area (Å²) in [6, 6.07) is 6.20. The fourth-order valence-corrected chi connectivity index (χ4v) is 3.02. The van der Waals surface area contributed by atoms with Crippen molar-refractivity contribution in [2.75, 3.05) is 0 Å². The van der Waals surface area contributed by atoms with Crippen LogP contribution in [0, 0.1) is 6.92 Å². The molecule has 2 aromatic heterocycles. The first kappa shape index (κ1) is 11.4. The molecule has 4 heteroatoms. The van der Waals surface area contributed by atoms with Crippen LogP contribution in [-0.2, 0) is 13.6 Å². The molecule has 3 aromatic rings. The summed E-state index contributed by atoms with van der Waals surface area (Å²) in [5, 5.41) is 4.31. The second-order valence-corrected chi connectivity index (χ2v) is 5.23. The van der Waals surface area contributed by atoms with Gasteiger partial charge in [-0.1, -0.05) is 6.07 Å². The first-order chi connectivity index (χ1) is 8.70. The number of nitrogens with two attached hydrogens (primary N) is 1. The third-order valence-electron chi connectivity index (χ3n) is 3.28. The molecule has 3 rings (SSSR count). The molecule has 0 spiro atoms. The van der Waals surface area contributed by atoms with E-state index < -0.39 is 0 Å². The van der Waals surface area contributed by atoms with Gasteiger partial charge in [0.1, 0.15) is 5.82 Å². The van der Waals surface area contributed by atoms with Crippen LogP contribution < -0.4 is 5.73 Å². The zero-order valence-corrected chi connectivity index (χ0v) is 11.3. The number of aryl methyl sites for hydroxylation is 2. The minimum Gasteiger partial charge on any atom is -0.327 e. The van der Waals surface area contributed by atoms with E-state index in [1.807, 2.05) is 12.1 Å². The van der Waals surface area contributed by atoms with Gasteiger partial charge in [0.15, 0.2) is 0 Å². The minimum atomic E-state index is 0.563. The summed E-state index contributed by atoms with van der Waals surface area (Å²) in [6.07, 6.45) is 0. The van der Waals surface area contributed by atoms with Crippen molar-refractivity contribution in [3.63, 3.8) is 0 Å². The van der Waals surface area contributed by atoms with Crippen LogP contribution in [0.3, 0.4) is 0 Å². The molecule has 0 unspecified atom stereocenters. The first-order valence-electron chi connectivity index (χ1n) is 5.89. The van der Waals surface area contributed by atoms with Crippen molar-refractivity contribution in [3.05, 3.63) is 40.1 Å². The van der Waals surface area contributed by atoms with E-state index in [1.54, 1.807) is 11.3 Å². The fourth-order valence-electron chi connectivity index (χ4n) is 2.19. The van der Waals surface area contributed by atoms with Crippen LogP contribution in [0.5, 0.6) is 0 Å². The second-order valence-electron chi connectivity index (χ2n) is 4.49. The van der Waals surface area contributed by atoms with Crippen LogP contribution in [0.15, 0.2) is 29.0 Å². The summed E-state index contributed by atoms with van der Waals surface area (Å²) in [4.78, 5) is 4.72. The van der Waals surface area contributed by atoms with E-state index in [0.717, 1.165) is 22.4 Å². The van der Waals surface area contributed by atoms with Crippen LogP contribution >= 0.6 is 11.3 Å². The molecular formula is C14H15N3S. The molecule has 3 nitrogen and oxygen atoms in total. The number of aromatic nitrogens is 2. The van der Waals surface area contributed by atoms with Gasteiger partial charge in [-0.25, -0.2) is 4.98 Å². The van der Waals surface area contributed by atoms with E-state index in [4.69, 9.17) is 10.7 Å². The van der Waals surface area contributed by atoms with Crippen LogP contribution in [0.1, 0.15) is 11.1 Å². The zero-order valence-electron chi connectivity index (χ0n) is 10.5. The summed E-state index contributed by atoms with van der Waals surface area (Å²) in [6.45, 7) is 2.68. The van der Waals surface area contributed by atoms with Gasteiger partial charge in [0, 0.05) is 24.5 Å². The average molecular weight is 257 g/mol. The Labute approximate surface area is 110 Å². The molecule has 0 aliphatic rings. The van der Waals surface area contributed by atoms with Gasteiger partial charge < -0.3 is 10.3 Å². The van der Waals surface area contributed by atoms with Gasteiger partial charge in [-0.15, -0.1) is 0 Å². The van der Waals surface area contributed by atoms with E-state index in [0.29, 0.717) is 6.54 Å². The second kappa shape index (κ2) is 4.23. The highest BCUT2D eigenvalue weighted by atomic mass is 32.1. The first-order valence-corrected chi connectivity index (χ1v) is 6.83. The normalized spacial score (nSPS) is 11.3. The number of hydrogen-bond acceptors (Lipinski definition) is 3. The topological polar surface area (TPSA) is 43.8 Å². The lowest BCUT2D eigenvalue weighted by Gasteiger charge is -2.02. The monoisotopic (exact) mass is 257 g/mol. The Hall–Kier alpha value is -1.65. The lowest BCUT2D eigenvalue weighted by Crippen LogP contribution is -1.97. The summed E-state index contributed by atoms with van der Waals surface area (Å²) in [5.41, 5.74) is 11.5. The predicted molar refractivity (Wildman–Crippen MR) is 76.7 cm³/mol. The largest absolute Gasteiger partial charge is 0.327 e. The molecule has 0 aliphatic carbocycles. The number of benzene rings is 1. The molecule has 0 amide bonds. The maximum atomic E-state index is 5.69. The lowest BCUT2D eigenvalue weighted by atomic mass is 10.2. The Kier molecular flexibility index (Phi) is 2.69. The highest BCUT2D eigenvalue weighted by molar-refractivity contribution is 7.08. The van der Waals surface area contributed by atoms with Crippen LogP contribution in [-0.4, -0.2) is 9.55 Å². The Morgan fingerprint density at radius 2 is 2.17 bits per heavy atom. The highest BCUT2D eigenvalue weighted by Crippen LogP contribution is 2.29. The van der Waals surface area contributed by atoms with Crippen molar-refractivity contribution in [3.8, 4) is 11.4 Å². The molecule has 2 N–H and O–H groups in total. The van der Waals surface area contributed by atoms with Crippen LogP contribution in [0.2, 0.25) is 0 Å². The number of rotatable bonds is 2. The molecule has 0 bridgehead atoms. The molecule has 0 saturated carbocycles. The zero-order chi connectivity index (χ0) is 12.7. The third kappa shape index (κ3) is 1.65. The van der Waals surface area contributed by atoms with E-state index in [-0.39, 0.29) is 0 Å². The van der Waals surface area contributed by atoms with Gasteiger partial charge in [0.25, 0.3) is 0 Å². The maximum Gasteiger partial charge on any atom is 0.141 e. The summed E-state index contributed by atoms with van der Waals surface area (Å²) < 4.78 is 2.14. The molecule has 92 valence electrons. The lowest BCUT2D eigenvalue weighted by molar-refractivity contribution is 0.956. The van der Waals surface area contributed by atoms with E-state index in [1.165, 1.54) is 11.1 Å². The summed E-state index contributed by atoms with van der Waals surface area (Å²) >= 11 is 1.71. The van der Waals surface area contributed by atoms with Gasteiger partial charge in [0.2, 0.25) is 0 Å². The smallest absolute Gasteiger partial charge is 0.141 e. The number of thiophene rings is 1. The van der Waals surface area contributed by atoms with Crippen molar-refractivity contribution in [2.45, 2.75) is 13.5 Å². The van der Waals surface area contributed by atoms with Gasteiger partial charge in [0.05, 0.1) is 11.0 Å². The molecule has 0 saturated heterocycles. The molecule has 0 radical (unpaired) electrons. The van der Waals surface area contributed by atoms with Gasteiger partial charge in [-0.3, -0.25) is 0 Å². The molecule has 0 fully saturated rings. The minimum absolute atomic E-state index is 0.563. The molecule has 1 aromatic carbocycles. The summed E-state index contributed by atoms with van der Waals surface area (Å²) in [5.74, 6) is 1.03. The van der Waals surface area contributed by atoms with Crippen LogP contribution in [0.4, 0.5) is 0 Å². The summed E-state index contributed by atoms with van der Waals surface area (Å²) in [7, 11) is 2.06. The molecule has 18 heavy (non-hydrogen) atoms. The number of nitrogens with zero attached hydrogens (tertiary/aromatic N) is 2. The van der Waals surface area contributed by atoms with Crippen molar-refractivity contribution in [1.29, 1.82) is 0 Å². The highest BCUT2D eigenvalue weighted by Gasteiger charge is 2.12. The van der Waals surface area contributed by atoms with E-state index in [9.17, 15) is 0 Å².